The minimum absolute atomic E-state index is 0.920. The molecule has 0 aliphatic rings. The first-order valence-electron chi connectivity index (χ1n) is 5.24. The number of anilines is 1. The van der Waals surface area contributed by atoms with E-state index in [1.54, 1.807) is 11.3 Å². The van der Waals surface area contributed by atoms with Crippen LogP contribution in [0.25, 0.3) is 0 Å². The lowest BCUT2D eigenvalue weighted by Crippen LogP contribution is -2.05. The summed E-state index contributed by atoms with van der Waals surface area (Å²) in [5.74, 6) is 0. The molecule has 1 aromatic carbocycles. The Labute approximate surface area is 122 Å². The van der Waals surface area contributed by atoms with Gasteiger partial charge in [0.15, 0.2) is 0 Å². The van der Waals surface area contributed by atoms with Gasteiger partial charge in [0.2, 0.25) is 0 Å². The van der Waals surface area contributed by atoms with Crippen LogP contribution in [0.5, 0.6) is 0 Å². The molecule has 5 heteroatoms. The van der Waals surface area contributed by atoms with Gasteiger partial charge in [-0.05, 0) is 41.1 Å². The van der Waals surface area contributed by atoms with Crippen LogP contribution in [0.1, 0.15) is 10.6 Å². The Morgan fingerprint density at radius 3 is 2.82 bits per heavy atom. The van der Waals surface area contributed by atoms with E-state index in [2.05, 4.69) is 55.2 Å². The molecule has 0 fully saturated rings. The van der Waals surface area contributed by atoms with Crippen LogP contribution in [0, 0.1) is 6.92 Å². The van der Waals surface area contributed by atoms with Gasteiger partial charge >= 0.3 is 0 Å². The van der Waals surface area contributed by atoms with Crippen molar-refractivity contribution in [2.45, 2.75) is 13.3 Å². The van der Waals surface area contributed by atoms with Gasteiger partial charge in [-0.15, -0.1) is 11.3 Å². The van der Waals surface area contributed by atoms with E-state index in [1.165, 1.54) is 4.88 Å². The molecule has 1 heterocycles. The van der Waals surface area contributed by atoms with E-state index < -0.39 is 0 Å². The number of hydrogen-bond acceptors (Lipinski definition) is 3. The van der Waals surface area contributed by atoms with E-state index in [-0.39, 0.29) is 0 Å². The molecule has 0 atom stereocenters. The van der Waals surface area contributed by atoms with Crippen molar-refractivity contribution in [3.63, 3.8) is 0 Å². The van der Waals surface area contributed by atoms with Crippen molar-refractivity contribution < 1.29 is 0 Å². The van der Waals surface area contributed by atoms with Gasteiger partial charge in [0.25, 0.3) is 0 Å². The van der Waals surface area contributed by atoms with Crippen LogP contribution in [0.4, 0.5) is 5.69 Å². The second-order valence-corrected chi connectivity index (χ2v) is 6.37. The third-order valence-corrected chi connectivity index (χ3v) is 4.59. The summed E-state index contributed by atoms with van der Waals surface area (Å²) >= 11 is 8.70. The molecule has 0 saturated carbocycles. The number of nitrogens with zero attached hydrogens (tertiary/aromatic N) is 1. The minimum atomic E-state index is 0.920. The fraction of sp³-hybridized carbons (Fsp3) is 0.250. The van der Waals surface area contributed by atoms with Crippen molar-refractivity contribution in [3.8, 4) is 0 Å². The van der Waals surface area contributed by atoms with E-state index in [9.17, 15) is 0 Å². The Morgan fingerprint density at radius 1 is 1.35 bits per heavy atom. The van der Waals surface area contributed by atoms with Gasteiger partial charge in [0.05, 0.1) is 11.2 Å². The zero-order valence-electron chi connectivity index (χ0n) is 9.34. The molecule has 2 aromatic rings. The third-order valence-electron chi connectivity index (χ3n) is 2.44. The van der Waals surface area contributed by atoms with Gasteiger partial charge in [0, 0.05) is 32.5 Å². The van der Waals surface area contributed by atoms with Crippen LogP contribution in [-0.4, -0.2) is 11.5 Å². The molecule has 0 amide bonds. The summed E-state index contributed by atoms with van der Waals surface area (Å²) in [5.41, 5.74) is 4.17. The van der Waals surface area contributed by atoms with E-state index in [1.807, 2.05) is 17.6 Å². The highest BCUT2D eigenvalue weighted by Crippen LogP contribution is 2.26. The molecule has 0 bridgehead atoms. The number of aryl methyl sites for hydroxylation is 1. The summed E-state index contributed by atoms with van der Waals surface area (Å²) in [6.07, 6.45) is 1.01. The van der Waals surface area contributed by atoms with E-state index >= 15 is 0 Å². The molecule has 2 rings (SSSR count). The van der Waals surface area contributed by atoms with E-state index in [4.69, 9.17) is 0 Å². The highest BCUT2D eigenvalue weighted by Gasteiger charge is 2.03. The highest BCUT2D eigenvalue weighted by atomic mass is 79.9. The molecular weight excluding hydrogens is 364 g/mol. The Hall–Kier alpha value is -0.390. The smallest absolute Gasteiger partial charge is 0.0797 e. The fourth-order valence-electron chi connectivity index (χ4n) is 1.51. The number of nitrogens with one attached hydrogen (secondary N) is 1. The lowest BCUT2D eigenvalue weighted by Gasteiger charge is -2.08. The number of benzene rings is 1. The Bertz CT molecular complexity index is 511. The van der Waals surface area contributed by atoms with Crippen molar-refractivity contribution in [2.24, 2.45) is 0 Å². The Balaban J connectivity index is 1.92. The first-order chi connectivity index (χ1) is 8.16. The summed E-state index contributed by atoms with van der Waals surface area (Å²) < 4.78 is 2.15. The van der Waals surface area contributed by atoms with Crippen LogP contribution in [0.3, 0.4) is 0 Å². The Morgan fingerprint density at radius 2 is 2.18 bits per heavy atom. The summed E-state index contributed by atoms with van der Waals surface area (Å²) in [6, 6.07) is 6.14. The maximum atomic E-state index is 4.25. The maximum absolute atomic E-state index is 4.25. The third kappa shape index (κ3) is 3.53. The zero-order chi connectivity index (χ0) is 12.3. The monoisotopic (exact) mass is 374 g/mol. The Kier molecular flexibility index (Phi) is 4.59. The van der Waals surface area contributed by atoms with Gasteiger partial charge in [-0.25, -0.2) is 4.98 Å². The predicted molar refractivity (Wildman–Crippen MR) is 80.9 cm³/mol. The minimum Gasteiger partial charge on any atom is -0.384 e. The number of rotatable bonds is 4. The van der Waals surface area contributed by atoms with Crippen LogP contribution in [-0.2, 0) is 6.42 Å². The van der Waals surface area contributed by atoms with Gasteiger partial charge < -0.3 is 5.32 Å². The first-order valence-corrected chi connectivity index (χ1v) is 7.71. The van der Waals surface area contributed by atoms with Crippen LogP contribution in [0.2, 0.25) is 0 Å². The molecule has 0 unspecified atom stereocenters. The van der Waals surface area contributed by atoms with Gasteiger partial charge in [-0.2, -0.15) is 0 Å². The number of halogens is 2. The van der Waals surface area contributed by atoms with Crippen molar-refractivity contribution >= 4 is 48.9 Å². The molecule has 0 aliphatic heterocycles. The topological polar surface area (TPSA) is 24.9 Å². The quantitative estimate of drug-likeness (QED) is 0.842. The van der Waals surface area contributed by atoms with Crippen molar-refractivity contribution in [1.29, 1.82) is 0 Å². The van der Waals surface area contributed by atoms with Gasteiger partial charge in [-0.3, -0.25) is 0 Å². The molecule has 0 saturated heterocycles. The summed E-state index contributed by atoms with van der Waals surface area (Å²) in [7, 11) is 0. The molecule has 0 radical (unpaired) electrons. The highest BCUT2D eigenvalue weighted by molar-refractivity contribution is 9.11. The first kappa shape index (κ1) is 13.1. The van der Waals surface area contributed by atoms with Gasteiger partial charge in [0.1, 0.15) is 0 Å². The molecule has 1 N–H and O–H groups in total. The second kappa shape index (κ2) is 5.98. The standard InChI is InChI=1S/C12H12Br2N2S/c1-8-12(17-7-16-8)4-5-15-11-3-2-9(13)6-10(11)14/h2-3,6-7,15H,4-5H2,1H3. The zero-order valence-corrected chi connectivity index (χ0v) is 13.3. The van der Waals surface area contributed by atoms with E-state index in [0.717, 1.165) is 33.3 Å². The molecule has 2 nitrogen and oxygen atoms in total. The summed E-state index contributed by atoms with van der Waals surface area (Å²) in [4.78, 5) is 5.60. The average molecular weight is 376 g/mol. The lowest BCUT2D eigenvalue weighted by atomic mass is 10.3. The number of aromatic nitrogens is 1. The SMILES string of the molecule is Cc1ncsc1CCNc1ccc(Br)cc1Br. The van der Waals surface area contributed by atoms with Crippen molar-refractivity contribution in [3.05, 3.63) is 43.2 Å². The van der Waals surface area contributed by atoms with Crippen LogP contribution >= 0.6 is 43.2 Å². The normalized spacial score (nSPS) is 10.5. The fourth-order valence-corrected chi connectivity index (χ4v) is 3.48. The number of thiazole rings is 1. The van der Waals surface area contributed by atoms with Gasteiger partial charge in [-0.1, -0.05) is 15.9 Å². The van der Waals surface area contributed by atoms with Crippen molar-refractivity contribution in [2.75, 3.05) is 11.9 Å². The average Bonchev–Trinajstić information content (AvgIpc) is 2.68. The maximum Gasteiger partial charge on any atom is 0.0797 e. The molecule has 0 aliphatic carbocycles. The van der Waals surface area contributed by atoms with Crippen molar-refractivity contribution in [1.82, 2.24) is 4.98 Å². The largest absolute Gasteiger partial charge is 0.384 e. The molecule has 90 valence electrons. The summed E-state index contributed by atoms with van der Waals surface area (Å²) in [6.45, 7) is 2.98. The van der Waals surface area contributed by atoms with E-state index in [0.29, 0.717) is 0 Å². The number of hydrogen-bond donors (Lipinski definition) is 1. The molecule has 1 aromatic heterocycles. The molecular formula is C12H12Br2N2S. The van der Waals surface area contributed by atoms with Crippen LogP contribution < -0.4 is 5.32 Å². The van der Waals surface area contributed by atoms with Crippen LogP contribution in [0.15, 0.2) is 32.7 Å². The lowest BCUT2D eigenvalue weighted by molar-refractivity contribution is 1.02. The molecule has 0 spiro atoms. The second-order valence-electron chi connectivity index (χ2n) is 3.66. The summed E-state index contributed by atoms with van der Waals surface area (Å²) in [5, 5.41) is 3.42. The molecule has 17 heavy (non-hydrogen) atoms. The predicted octanol–water partition coefficient (Wildman–Crippen LogP) is 4.63.